The summed E-state index contributed by atoms with van der Waals surface area (Å²) in [5.74, 6) is 0. The smallest absolute Gasteiger partial charge is 0.0408 e. The molecule has 1 unspecified atom stereocenters. The fourth-order valence-electron chi connectivity index (χ4n) is 2.08. The molecule has 1 N–H and O–H groups in total. The van der Waals surface area contributed by atoms with E-state index in [0.717, 1.165) is 24.4 Å². The Bertz CT molecular complexity index is 349. The zero-order valence-electron chi connectivity index (χ0n) is 11.3. The lowest BCUT2D eigenvalue weighted by atomic mass is 10.0. The Morgan fingerprint density at radius 1 is 1.44 bits per heavy atom. The van der Waals surface area contributed by atoms with Crippen LogP contribution >= 0.6 is 11.6 Å². The van der Waals surface area contributed by atoms with Gasteiger partial charge < -0.3 is 5.32 Å². The van der Waals surface area contributed by atoms with Crippen LogP contribution in [0, 0.1) is 0 Å². The zero-order valence-corrected chi connectivity index (χ0v) is 12.0. The molecule has 1 atom stereocenters. The molecule has 1 aromatic carbocycles. The number of hydrogen-bond acceptors (Lipinski definition) is 1. The van der Waals surface area contributed by atoms with Crippen molar-refractivity contribution < 1.29 is 0 Å². The molecule has 0 bridgehead atoms. The zero-order chi connectivity index (χ0) is 13.2. The van der Waals surface area contributed by atoms with Crippen LogP contribution in [0.1, 0.15) is 38.2 Å². The summed E-state index contributed by atoms with van der Waals surface area (Å²) in [6.45, 7) is 7.06. The number of benzene rings is 1. The van der Waals surface area contributed by atoms with Crippen molar-refractivity contribution in [2.24, 2.45) is 0 Å². The normalized spacial score (nSPS) is 12.3. The Balaban J connectivity index is 2.50. The van der Waals surface area contributed by atoms with Crippen molar-refractivity contribution in [3.63, 3.8) is 0 Å². The van der Waals surface area contributed by atoms with Gasteiger partial charge in [-0.05, 0) is 56.3 Å². The number of unbranched alkanes of at least 4 members (excludes halogenated alkanes) is 1. The van der Waals surface area contributed by atoms with Gasteiger partial charge in [-0.15, -0.1) is 6.58 Å². The molecular weight excluding hydrogens is 242 g/mol. The van der Waals surface area contributed by atoms with Gasteiger partial charge in [-0.3, -0.25) is 0 Å². The predicted octanol–water partition coefficient (Wildman–Crippen LogP) is 4.61. The minimum Gasteiger partial charge on any atom is -0.314 e. The van der Waals surface area contributed by atoms with E-state index in [-0.39, 0.29) is 0 Å². The van der Waals surface area contributed by atoms with E-state index < -0.39 is 0 Å². The third-order valence-electron chi connectivity index (χ3n) is 3.01. The monoisotopic (exact) mass is 265 g/mol. The fourth-order valence-corrected chi connectivity index (χ4v) is 2.29. The van der Waals surface area contributed by atoms with E-state index in [2.05, 4.69) is 31.0 Å². The lowest BCUT2D eigenvalue weighted by Crippen LogP contribution is -2.31. The Morgan fingerprint density at radius 3 is 2.94 bits per heavy atom. The first-order valence-corrected chi connectivity index (χ1v) is 7.22. The molecule has 0 aliphatic heterocycles. The van der Waals surface area contributed by atoms with E-state index in [9.17, 15) is 0 Å². The molecule has 1 rings (SSSR count). The van der Waals surface area contributed by atoms with Crippen LogP contribution in [0.15, 0.2) is 36.9 Å². The number of nitrogens with one attached hydrogen (secondary N) is 1. The maximum atomic E-state index is 6.03. The second-order valence-electron chi connectivity index (χ2n) is 4.70. The molecule has 1 aromatic rings. The van der Waals surface area contributed by atoms with Crippen LogP contribution < -0.4 is 5.32 Å². The summed E-state index contributed by atoms with van der Waals surface area (Å²) in [6, 6.07) is 8.72. The van der Waals surface area contributed by atoms with E-state index in [4.69, 9.17) is 11.6 Å². The fraction of sp³-hybridized carbons (Fsp3) is 0.500. The van der Waals surface area contributed by atoms with Crippen LogP contribution in [-0.4, -0.2) is 12.6 Å². The predicted molar refractivity (Wildman–Crippen MR) is 81.3 cm³/mol. The first kappa shape index (κ1) is 15.3. The highest BCUT2D eigenvalue weighted by molar-refractivity contribution is 6.30. The van der Waals surface area contributed by atoms with E-state index in [0.29, 0.717) is 6.04 Å². The molecule has 0 saturated heterocycles. The van der Waals surface area contributed by atoms with Crippen molar-refractivity contribution in [3.05, 3.63) is 47.5 Å². The second-order valence-corrected chi connectivity index (χ2v) is 5.14. The van der Waals surface area contributed by atoms with Gasteiger partial charge in [-0.1, -0.05) is 36.7 Å². The Morgan fingerprint density at radius 2 is 2.28 bits per heavy atom. The summed E-state index contributed by atoms with van der Waals surface area (Å²) in [6.07, 6.45) is 7.71. The van der Waals surface area contributed by atoms with Crippen molar-refractivity contribution in [3.8, 4) is 0 Å². The van der Waals surface area contributed by atoms with Gasteiger partial charge in [0.25, 0.3) is 0 Å². The van der Waals surface area contributed by atoms with Crippen LogP contribution in [0.5, 0.6) is 0 Å². The molecule has 0 amide bonds. The van der Waals surface area contributed by atoms with Gasteiger partial charge in [0.2, 0.25) is 0 Å². The molecule has 1 nitrogen and oxygen atoms in total. The van der Waals surface area contributed by atoms with Crippen LogP contribution in [0.2, 0.25) is 5.02 Å². The molecule has 0 aliphatic carbocycles. The molecule has 0 saturated carbocycles. The minimum absolute atomic E-state index is 0.545. The van der Waals surface area contributed by atoms with Gasteiger partial charge in [-0.25, -0.2) is 0 Å². The van der Waals surface area contributed by atoms with E-state index in [1.807, 2.05) is 18.2 Å². The molecule has 2 heteroatoms. The Hall–Kier alpha value is -0.790. The SMILES string of the molecule is C=CCCCC(Cc1cccc(Cl)c1)NCCC. The summed E-state index contributed by atoms with van der Waals surface area (Å²) in [5.41, 5.74) is 1.31. The third-order valence-corrected chi connectivity index (χ3v) is 3.25. The van der Waals surface area contributed by atoms with Crippen LogP contribution in [-0.2, 0) is 6.42 Å². The highest BCUT2D eigenvalue weighted by atomic mass is 35.5. The number of hydrogen-bond donors (Lipinski definition) is 1. The van der Waals surface area contributed by atoms with Crippen LogP contribution in [0.4, 0.5) is 0 Å². The Kier molecular flexibility index (Phi) is 7.79. The molecule has 0 radical (unpaired) electrons. The van der Waals surface area contributed by atoms with E-state index in [1.54, 1.807) is 0 Å². The van der Waals surface area contributed by atoms with Crippen molar-refractivity contribution in [1.82, 2.24) is 5.32 Å². The maximum Gasteiger partial charge on any atom is 0.0408 e. The summed E-state index contributed by atoms with van der Waals surface area (Å²) >= 11 is 6.03. The first-order valence-electron chi connectivity index (χ1n) is 6.85. The minimum atomic E-state index is 0.545. The van der Waals surface area contributed by atoms with Gasteiger partial charge in [-0.2, -0.15) is 0 Å². The molecule has 100 valence electrons. The Labute approximate surface area is 116 Å². The van der Waals surface area contributed by atoms with Crippen LogP contribution in [0.3, 0.4) is 0 Å². The van der Waals surface area contributed by atoms with Crippen molar-refractivity contribution >= 4 is 11.6 Å². The summed E-state index contributed by atoms with van der Waals surface area (Å²) in [7, 11) is 0. The summed E-state index contributed by atoms with van der Waals surface area (Å²) in [5, 5.41) is 4.45. The number of rotatable bonds is 9. The average molecular weight is 266 g/mol. The molecule has 18 heavy (non-hydrogen) atoms. The van der Waals surface area contributed by atoms with Crippen molar-refractivity contribution in [1.29, 1.82) is 0 Å². The van der Waals surface area contributed by atoms with E-state index in [1.165, 1.54) is 24.8 Å². The van der Waals surface area contributed by atoms with Crippen molar-refractivity contribution in [2.75, 3.05) is 6.54 Å². The standard InChI is InChI=1S/C16H24ClN/c1-3-5-6-10-16(18-11-4-2)13-14-8-7-9-15(17)12-14/h3,7-9,12,16,18H,1,4-6,10-11,13H2,2H3. The van der Waals surface area contributed by atoms with E-state index >= 15 is 0 Å². The lowest BCUT2D eigenvalue weighted by Gasteiger charge is -2.18. The van der Waals surface area contributed by atoms with Crippen molar-refractivity contribution in [2.45, 2.75) is 45.1 Å². The molecule has 0 aromatic heterocycles. The van der Waals surface area contributed by atoms with Gasteiger partial charge >= 0.3 is 0 Å². The molecular formula is C16H24ClN. The molecule has 0 heterocycles. The summed E-state index contributed by atoms with van der Waals surface area (Å²) in [4.78, 5) is 0. The quantitative estimate of drug-likeness (QED) is 0.508. The summed E-state index contributed by atoms with van der Waals surface area (Å²) < 4.78 is 0. The number of halogens is 1. The largest absolute Gasteiger partial charge is 0.314 e. The highest BCUT2D eigenvalue weighted by Gasteiger charge is 2.08. The van der Waals surface area contributed by atoms with Gasteiger partial charge in [0, 0.05) is 11.1 Å². The van der Waals surface area contributed by atoms with Gasteiger partial charge in [0.1, 0.15) is 0 Å². The second kappa shape index (κ2) is 9.18. The lowest BCUT2D eigenvalue weighted by molar-refractivity contribution is 0.466. The van der Waals surface area contributed by atoms with Gasteiger partial charge in [0.15, 0.2) is 0 Å². The molecule has 0 aliphatic rings. The number of allylic oxidation sites excluding steroid dienone is 1. The molecule has 0 spiro atoms. The molecule has 0 fully saturated rings. The third kappa shape index (κ3) is 6.23. The topological polar surface area (TPSA) is 12.0 Å². The highest BCUT2D eigenvalue weighted by Crippen LogP contribution is 2.14. The average Bonchev–Trinajstić information content (AvgIpc) is 2.36. The van der Waals surface area contributed by atoms with Crippen LogP contribution in [0.25, 0.3) is 0 Å². The van der Waals surface area contributed by atoms with Gasteiger partial charge in [0.05, 0.1) is 0 Å². The first-order chi connectivity index (χ1) is 8.76. The maximum absolute atomic E-state index is 6.03.